The molecule has 0 spiro atoms. The fourth-order valence-electron chi connectivity index (χ4n) is 3.10. The standard InChI is InChI=1S/C19H18N4O2/c24-14-9-13(10-20-11-14)19(25)22-16-6-2-1-5-15(16)17-12-23-8-4-3-7-18(23)21-17/h1-2,5-6,9-12,24H,3-4,7-8H2,(H,22,25). The highest BCUT2D eigenvalue weighted by Gasteiger charge is 2.16. The molecular formula is C19H18N4O2. The van der Waals surface area contributed by atoms with E-state index >= 15 is 0 Å². The third kappa shape index (κ3) is 3.10. The smallest absolute Gasteiger partial charge is 0.257 e. The number of carbonyl (C=O) groups is 1. The van der Waals surface area contributed by atoms with Gasteiger partial charge in [-0.1, -0.05) is 18.2 Å². The molecule has 1 amide bonds. The van der Waals surface area contributed by atoms with E-state index in [0.717, 1.165) is 30.0 Å². The van der Waals surface area contributed by atoms with Gasteiger partial charge in [-0.15, -0.1) is 0 Å². The molecule has 0 radical (unpaired) electrons. The summed E-state index contributed by atoms with van der Waals surface area (Å²) in [5.41, 5.74) is 2.73. The van der Waals surface area contributed by atoms with Gasteiger partial charge in [-0.3, -0.25) is 9.78 Å². The second kappa shape index (κ2) is 6.39. The van der Waals surface area contributed by atoms with E-state index in [-0.39, 0.29) is 11.7 Å². The minimum Gasteiger partial charge on any atom is -0.506 e. The first kappa shape index (κ1) is 15.4. The van der Waals surface area contributed by atoms with E-state index in [4.69, 9.17) is 4.98 Å². The summed E-state index contributed by atoms with van der Waals surface area (Å²) in [6, 6.07) is 8.99. The Morgan fingerprint density at radius 2 is 2.08 bits per heavy atom. The van der Waals surface area contributed by atoms with Crippen LogP contribution in [0.25, 0.3) is 11.3 Å². The van der Waals surface area contributed by atoms with Gasteiger partial charge in [0.15, 0.2) is 0 Å². The first-order valence-electron chi connectivity index (χ1n) is 8.31. The Kier molecular flexibility index (Phi) is 3.93. The van der Waals surface area contributed by atoms with Gasteiger partial charge in [0.1, 0.15) is 11.6 Å². The summed E-state index contributed by atoms with van der Waals surface area (Å²) in [6.45, 7) is 0.992. The van der Waals surface area contributed by atoms with Crippen LogP contribution in [0.15, 0.2) is 48.9 Å². The van der Waals surface area contributed by atoms with Gasteiger partial charge in [0, 0.05) is 30.9 Å². The molecule has 3 heterocycles. The molecule has 25 heavy (non-hydrogen) atoms. The predicted molar refractivity (Wildman–Crippen MR) is 94.5 cm³/mol. The molecule has 0 aliphatic carbocycles. The molecule has 0 bridgehead atoms. The lowest BCUT2D eigenvalue weighted by atomic mass is 10.1. The van der Waals surface area contributed by atoms with Crippen LogP contribution in [-0.4, -0.2) is 25.5 Å². The Hall–Kier alpha value is -3.15. The number of imidazole rings is 1. The zero-order valence-electron chi connectivity index (χ0n) is 13.6. The maximum atomic E-state index is 12.5. The second-order valence-corrected chi connectivity index (χ2v) is 6.12. The molecule has 2 aromatic heterocycles. The molecule has 6 nitrogen and oxygen atoms in total. The van der Waals surface area contributed by atoms with E-state index in [1.54, 1.807) is 0 Å². The number of hydrogen-bond donors (Lipinski definition) is 2. The lowest BCUT2D eigenvalue weighted by Gasteiger charge is -2.11. The van der Waals surface area contributed by atoms with Crippen molar-refractivity contribution in [3.8, 4) is 17.0 Å². The molecule has 2 N–H and O–H groups in total. The van der Waals surface area contributed by atoms with Gasteiger partial charge >= 0.3 is 0 Å². The van der Waals surface area contributed by atoms with Crippen LogP contribution in [0.5, 0.6) is 5.75 Å². The Balaban J connectivity index is 1.65. The number of anilines is 1. The topological polar surface area (TPSA) is 80.0 Å². The number of aryl methyl sites for hydroxylation is 2. The van der Waals surface area contributed by atoms with Crippen molar-refractivity contribution in [2.24, 2.45) is 0 Å². The number of fused-ring (bicyclic) bond motifs is 1. The van der Waals surface area contributed by atoms with Crippen molar-refractivity contribution in [2.45, 2.75) is 25.8 Å². The first-order valence-corrected chi connectivity index (χ1v) is 8.31. The van der Waals surface area contributed by atoms with E-state index < -0.39 is 0 Å². The highest BCUT2D eigenvalue weighted by Crippen LogP contribution is 2.29. The van der Waals surface area contributed by atoms with Crippen LogP contribution in [0.3, 0.4) is 0 Å². The van der Waals surface area contributed by atoms with Gasteiger partial charge in [-0.25, -0.2) is 4.98 Å². The molecule has 3 aromatic rings. The largest absolute Gasteiger partial charge is 0.506 e. The Labute approximate surface area is 145 Å². The van der Waals surface area contributed by atoms with Gasteiger partial charge in [0.25, 0.3) is 5.91 Å². The van der Waals surface area contributed by atoms with E-state index in [0.29, 0.717) is 11.3 Å². The fraction of sp³-hybridized carbons (Fsp3) is 0.211. The molecule has 0 saturated heterocycles. The number of rotatable bonds is 3. The molecule has 0 atom stereocenters. The highest BCUT2D eigenvalue weighted by molar-refractivity contribution is 6.06. The normalized spacial score (nSPS) is 13.3. The summed E-state index contributed by atoms with van der Waals surface area (Å²) < 4.78 is 2.19. The van der Waals surface area contributed by atoms with Crippen molar-refractivity contribution in [3.05, 3.63) is 60.3 Å². The molecule has 0 unspecified atom stereocenters. The number of nitrogens with one attached hydrogen (secondary N) is 1. The minimum absolute atomic E-state index is 0.0392. The summed E-state index contributed by atoms with van der Waals surface area (Å²) in [5, 5.41) is 12.4. The summed E-state index contributed by atoms with van der Waals surface area (Å²) in [4.78, 5) is 21.0. The van der Waals surface area contributed by atoms with Crippen molar-refractivity contribution in [1.82, 2.24) is 14.5 Å². The average Bonchev–Trinajstić information content (AvgIpc) is 3.06. The van der Waals surface area contributed by atoms with Gasteiger partial charge in [0.2, 0.25) is 0 Å². The van der Waals surface area contributed by atoms with Gasteiger partial charge < -0.3 is 15.0 Å². The number of para-hydroxylation sites is 1. The quantitative estimate of drug-likeness (QED) is 0.770. The number of nitrogens with zero attached hydrogens (tertiary/aromatic N) is 3. The van der Waals surface area contributed by atoms with E-state index in [1.807, 2.05) is 24.3 Å². The molecule has 126 valence electrons. The third-order valence-electron chi connectivity index (χ3n) is 4.35. The predicted octanol–water partition coefficient (Wildman–Crippen LogP) is 3.24. The summed E-state index contributed by atoms with van der Waals surface area (Å²) in [5.74, 6) is 0.738. The number of hydrogen-bond acceptors (Lipinski definition) is 4. The Morgan fingerprint density at radius 3 is 2.92 bits per heavy atom. The number of benzene rings is 1. The molecule has 1 aromatic carbocycles. The monoisotopic (exact) mass is 334 g/mol. The van der Waals surface area contributed by atoms with Gasteiger partial charge in [-0.05, 0) is 25.0 Å². The van der Waals surface area contributed by atoms with Crippen LogP contribution in [0.2, 0.25) is 0 Å². The molecule has 6 heteroatoms. The number of amides is 1. The van der Waals surface area contributed by atoms with Crippen molar-refractivity contribution in [2.75, 3.05) is 5.32 Å². The van der Waals surface area contributed by atoms with Crippen molar-refractivity contribution < 1.29 is 9.90 Å². The van der Waals surface area contributed by atoms with Crippen molar-refractivity contribution in [1.29, 1.82) is 0 Å². The van der Waals surface area contributed by atoms with Crippen molar-refractivity contribution in [3.63, 3.8) is 0 Å². The lowest BCUT2D eigenvalue weighted by Crippen LogP contribution is -2.12. The Bertz CT molecular complexity index is 909. The molecule has 1 aliphatic rings. The summed E-state index contributed by atoms with van der Waals surface area (Å²) in [7, 11) is 0. The van der Waals surface area contributed by atoms with E-state index in [1.165, 1.54) is 31.3 Å². The first-order chi connectivity index (χ1) is 12.2. The summed E-state index contributed by atoms with van der Waals surface area (Å²) in [6.07, 6.45) is 8.09. The minimum atomic E-state index is -0.320. The molecule has 0 fully saturated rings. The van der Waals surface area contributed by atoms with E-state index in [2.05, 4.69) is 21.1 Å². The number of pyridine rings is 1. The zero-order chi connectivity index (χ0) is 17.2. The van der Waals surface area contributed by atoms with Crippen LogP contribution in [-0.2, 0) is 13.0 Å². The van der Waals surface area contributed by atoms with Gasteiger partial charge in [-0.2, -0.15) is 0 Å². The number of aromatic hydroxyl groups is 1. The Morgan fingerprint density at radius 1 is 1.20 bits per heavy atom. The molecule has 0 saturated carbocycles. The third-order valence-corrected chi connectivity index (χ3v) is 4.35. The fourth-order valence-corrected chi connectivity index (χ4v) is 3.10. The van der Waals surface area contributed by atoms with Crippen LogP contribution < -0.4 is 5.32 Å². The maximum absolute atomic E-state index is 12.5. The van der Waals surface area contributed by atoms with E-state index in [9.17, 15) is 9.90 Å². The summed E-state index contributed by atoms with van der Waals surface area (Å²) >= 11 is 0. The van der Waals surface area contributed by atoms with Crippen LogP contribution >= 0.6 is 0 Å². The SMILES string of the molecule is O=C(Nc1ccccc1-c1cn2c(n1)CCCC2)c1cncc(O)c1. The van der Waals surface area contributed by atoms with Crippen LogP contribution in [0, 0.1) is 0 Å². The van der Waals surface area contributed by atoms with Crippen LogP contribution in [0.1, 0.15) is 29.0 Å². The maximum Gasteiger partial charge on any atom is 0.257 e. The number of carbonyl (C=O) groups excluding carboxylic acids is 1. The molecule has 1 aliphatic heterocycles. The van der Waals surface area contributed by atoms with Crippen LogP contribution in [0.4, 0.5) is 5.69 Å². The molecule has 4 rings (SSSR count). The van der Waals surface area contributed by atoms with Crippen molar-refractivity contribution >= 4 is 11.6 Å². The molecular weight excluding hydrogens is 316 g/mol. The lowest BCUT2D eigenvalue weighted by molar-refractivity contribution is 0.102. The second-order valence-electron chi connectivity index (χ2n) is 6.12. The van der Waals surface area contributed by atoms with Gasteiger partial charge in [0.05, 0.1) is 23.1 Å². The average molecular weight is 334 g/mol. The number of aromatic nitrogens is 3. The zero-order valence-corrected chi connectivity index (χ0v) is 13.6. The highest BCUT2D eigenvalue weighted by atomic mass is 16.3.